The number of ether oxygens (including phenoxy) is 1. The topological polar surface area (TPSA) is 9.23 Å². The molecule has 2 aromatic carbocycles. The van der Waals surface area contributed by atoms with E-state index in [4.69, 9.17) is 11.6 Å². The Balaban J connectivity index is 2.08. The molecule has 0 aliphatic rings. The molecule has 5 heteroatoms. The normalized spacial score (nSPS) is 12.4. The van der Waals surface area contributed by atoms with Crippen LogP contribution in [-0.4, -0.2) is 6.61 Å². The molecule has 0 amide bonds. The van der Waals surface area contributed by atoms with Crippen LogP contribution < -0.4 is 4.74 Å². The predicted molar refractivity (Wildman–Crippen MR) is 71.8 cm³/mol. The molecule has 0 aromatic heterocycles. The van der Waals surface area contributed by atoms with Crippen LogP contribution in [0.3, 0.4) is 0 Å². The third kappa shape index (κ3) is 4.17. The molecule has 1 unspecified atom stereocenters. The van der Waals surface area contributed by atoms with E-state index in [9.17, 15) is 13.2 Å². The predicted octanol–water partition coefficient (Wildman–Crippen LogP) is 4.95. The maximum Gasteiger partial charge on any atom is 0.387 e. The Kier molecular flexibility index (Phi) is 4.90. The molecule has 20 heavy (non-hydrogen) atoms. The first-order valence-electron chi connectivity index (χ1n) is 5.98. The van der Waals surface area contributed by atoms with Crippen molar-refractivity contribution in [3.8, 4) is 5.75 Å². The number of hydrogen-bond acceptors (Lipinski definition) is 1. The van der Waals surface area contributed by atoms with Gasteiger partial charge in [0.15, 0.2) is 0 Å². The molecule has 0 saturated carbocycles. The summed E-state index contributed by atoms with van der Waals surface area (Å²) in [6.07, 6.45) is 0.472. The second-order valence-electron chi connectivity index (χ2n) is 4.25. The van der Waals surface area contributed by atoms with Gasteiger partial charge in [-0.05, 0) is 41.8 Å². The minimum absolute atomic E-state index is 0.0715. The molecule has 2 aromatic rings. The minimum Gasteiger partial charge on any atom is -0.435 e. The molecule has 0 spiro atoms. The molecule has 1 atom stereocenters. The lowest BCUT2D eigenvalue weighted by Gasteiger charge is -2.12. The Bertz CT molecular complexity index is 557. The molecule has 0 aliphatic carbocycles. The first-order valence-corrected chi connectivity index (χ1v) is 6.41. The fourth-order valence-corrected chi connectivity index (χ4v) is 2.14. The monoisotopic (exact) mass is 300 g/mol. The van der Waals surface area contributed by atoms with Gasteiger partial charge in [0.25, 0.3) is 0 Å². The first-order chi connectivity index (χ1) is 9.54. The largest absolute Gasteiger partial charge is 0.435 e. The molecule has 106 valence electrons. The van der Waals surface area contributed by atoms with Crippen LogP contribution in [-0.2, 0) is 6.42 Å². The lowest BCUT2D eigenvalue weighted by Crippen LogP contribution is -2.03. The van der Waals surface area contributed by atoms with E-state index in [2.05, 4.69) is 4.74 Å². The summed E-state index contributed by atoms with van der Waals surface area (Å²) >= 11 is 6.25. The van der Waals surface area contributed by atoms with Gasteiger partial charge in [0, 0.05) is 0 Å². The molecule has 0 fully saturated rings. The number of hydrogen-bond donors (Lipinski definition) is 0. The summed E-state index contributed by atoms with van der Waals surface area (Å²) in [6.45, 7) is -2.86. The van der Waals surface area contributed by atoms with Crippen molar-refractivity contribution in [1.29, 1.82) is 0 Å². The lowest BCUT2D eigenvalue weighted by molar-refractivity contribution is -0.0498. The van der Waals surface area contributed by atoms with Crippen molar-refractivity contribution in [1.82, 2.24) is 0 Å². The van der Waals surface area contributed by atoms with Crippen LogP contribution in [0.1, 0.15) is 16.5 Å². The van der Waals surface area contributed by atoms with Gasteiger partial charge >= 0.3 is 6.61 Å². The van der Waals surface area contributed by atoms with E-state index in [0.717, 1.165) is 5.56 Å². The van der Waals surface area contributed by atoms with Crippen LogP contribution in [0, 0.1) is 5.82 Å². The standard InChI is InChI=1S/C15H12ClF3O/c16-14(8-10-4-6-12(17)7-5-10)11-2-1-3-13(9-11)20-15(18)19/h1-7,9,14-15H,8H2. The Hall–Kier alpha value is -1.68. The summed E-state index contributed by atoms with van der Waals surface area (Å²) in [5, 5.41) is -0.401. The second kappa shape index (κ2) is 6.66. The number of halogens is 4. The van der Waals surface area contributed by atoms with Crippen LogP contribution in [0.4, 0.5) is 13.2 Å². The van der Waals surface area contributed by atoms with E-state index in [1.165, 1.54) is 24.3 Å². The van der Waals surface area contributed by atoms with Crippen LogP contribution >= 0.6 is 11.6 Å². The Labute approximate surface area is 119 Å². The van der Waals surface area contributed by atoms with Gasteiger partial charge in [0.1, 0.15) is 11.6 Å². The van der Waals surface area contributed by atoms with Gasteiger partial charge in [-0.3, -0.25) is 0 Å². The molecule has 0 aliphatic heterocycles. The van der Waals surface area contributed by atoms with Crippen molar-refractivity contribution >= 4 is 11.6 Å². The summed E-state index contributed by atoms with van der Waals surface area (Å²) in [7, 11) is 0. The molecule has 0 bridgehead atoms. The molecule has 0 N–H and O–H groups in total. The van der Waals surface area contributed by atoms with Gasteiger partial charge in [0.05, 0.1) is 5.38 Å². The van der Waals surface area contributed by atoms with Crippen LogP contribution in [0.5, 0.6) is 5.75 Å². The fourth-order valence-electron chi connectivity index (χ4n) is 1.83. The minimum atomic E-state index is -2.86. The number of benzene rings is 2. The van der Waals surface area contributed by atoms with E-state index in [1.807, 2.05) is 0 Å². The van der Waals surface area contributed by atoms with E-state index in [1.54, 1.807) is 24.3 Å². The maximum absolute atomic E-state index is 12.8. The lowest BCUT2D eigenvalue weighted by atomic mass is 10.0. The molecule has 0 saturated heterocycles. The Morgan fingerprint density at radius 2 is 1.75 bits per heavy atom. The van der Waals surface area contributed by atoms with E-state index in [0.29, 0.717) is 12.0 Å². The van der Waals surface area contributed by atoms with Crippen molar-refractivity contribution in [3.63, 3.8) is 0 Å². The summed E-state index contributed by atoms with van der Waals surface area (Å²) in [5.74, 6) is -0.241. The molecular formula is C15H12ClF3O. The maximum atomic E-state index is 12.8. The summed E-state index contributed by atoms with van der Waals surface area (Å²) in [5.41, 5.74) is 1.54. The quantitative estimate of drug-likeness (QED) is 0.710. The molecule has 2 rings (SSSR count). The Morgan fingerprint density at radius 1 is 1.05 bits per heavy atom. The second-order valence-corrected chi connectivity index (χ2v) is 4.78. The molecule has 0 radical (unpaired) electrons. The molecular weight excluding hydrogens is 289 g/mol. The molecule has 0 heterocycles. The third-order valence-electron chi connectivity index (χ3n) is 2.77. The van der Waals surface area contributed by atoms with Crippen LogP contribution in [0.2, 0.25) is 0 Å². The first kappa shape index (κ1) is 14.7. The number of alkyl halides is 3. The molecule has 1 nitrogen and oxygen atoms in total. The van der Waals surface area contributed by atoms with Gasteiger partial charge < -0.3 is 4.74 Å². The average Bonchev–Trinajstić information content (AvgIpc) is 2.41. The fraction of sp³-hybridized carbons (Fsp3) is 0.200. The summed E-state index contributed by atoms with van der Waals surface area (Å²) in [4.78, 5) is 0. The Morgan fingerprint density at radius 3 is 2.40 bits per heavy atom. The van der Waals surface area contributed by atoms with Crippen LogP contribution in [0.25, 0.3) is 0 Å². The highest BCUT2D eigenvalue weighted by atomic mass is 35.5. The van der Waals surface area contributed by atoms with Crippen molar-refractivity contribution in [3.05, 3.63) is 65.5 Å². The zero-order valence-corrected chi connectivity index (χ0v) is 11.2. The summed E-state index contributed by atoms with van der Waals surface area (Å²) < 4.78 is 41.4. The zero-order chi connectivity index (χ0) is 14.5. The van der Waals surface area contributed by atoms with Crippen molar-refractivity contribution in [2.24, 2.45) is 0 Å². The number of rotatable bonds is 5. The average molecular weight is 301 g/mol. The van der Waals surface area contributed by atoms with Gasteiger partial charge in [0.2, 0.25) is 0 Å². The van der Waals surface area contributed by atoms with Gasteiger partial charge in [-0.15, -0.1) is 11.6 Å². The van der Waals surface area contributed by atoms with Crippen LogP contribution in [0.15, 0.2) is 48.5 Å². The van der Waals surface area contributed by atoms with E-state index < -0.39 is 12.0 Å². The smallest absolute Gasteiger partial charge is 0.387 e. The van der Waals surface area contributed by atoms with E-state index >= 15 is 0 Å². The third-order valence-corrected chi connectivity index (χ3v) is 3.18. The summed E-state index contributed by atoms with van der Waals surface area (Å²) in [6, 6.07) is 12.3. The van der Waals surface area contributed by atoms with Gasteiger partial charge in [-0.2, -0.15) is 8.78 Å². The van der Waals surface area contributed by atoms with Gasteiger partial charge in [-0.1, -0.05) is 24.3 Å². The SMILES string of the molecule is Fc1ccc(CC(Cl)c2cccc(OC(F)F)c2)cc1. The highest BCUT2D eigenvalue weighted by Gasteiger charge is 2.11. The highest BCUT2D eigenvalue weighted by molar-refractivity contribution is 6.20. The van der Waals surface area contributed by atoms with Crippen molar-refractivity contribution in [2.45, 2.75) is 18.4 Å². The zero-order valence-electron chi connectivity index (χ0n) is 10.4. The van der Waals surface area contributed by atoms with Gasteiger partial charge in [-0.25, -0.2) is 4.39 Å². The van der Waals surface area contributed by atoms with Crippen molar-refractivity contribution < 1.29 is 17.9 Å². The highest BCUT2D eigenvalue weighted by Crippen LogP contribution is 2.28. The van der Waals surface area contributed by atoms with Crippen molar-refractivity contribution in [2.75, 3.05) is 0 Å². The van der Waals surface area contributed by atoms with E-state index in [-0.39, 0.29) is 11.6 Å².